The standard InChI is InChI=1S/C26H23ClN2O3/c1-16(2)32-20-14-12-19(13-15-20)29-25(30)23(18-8-5-4-6-9-18)24(26(29)31)28-22-11-7-10-21(27)17(22)3/h4-16,28H,1-3H3. The van der Waals surface area contributed by atoms with Crippen LogP contribution in [0.25, 0.3) is 5.57 Å². The molecule has 6 heteroatoms. The van der Waals surface area contributed by atoms with Gasteiger partial charge in [-0.2, -0.15) is 0 Å². The summed E-state index contributed by atoms with van der Waals surface area (Å²) >= 11 is 6.26. The Labute approximate surface area is 192 Å². The van der Waals surface area contributed by atoms with Gasteiger partial charge in [0.25, 0.3) is 11.8 Å². The number of hydrogen-bond acceptors (Lipinski definition) is 4. The Kier molecular flexibility index (Phi) is 6.01. The van der Waals surface area contributed by atoms with E-state index in [0.29, 0.717) is 33.3 Å². The third-order valence-electron chi connectivity index (χ3n) is 5.14. The third-order valence-corrected chi connectivity index (χ3v) is 5.55. The van der Waals surface area contributed by atoms with Crippen LogP contribution in [0.1, 0.15) is 25.0 Å². The number of halogens is 1. The second kappa shape index (κ2) is 8.89. The summed E-state index contributed by atoms with van der Waals surface area (Å²) in [4.78, 5) is 28.2. The molecule has 3 aromatic carbocycles. The first kappa shape index (κ1) is 21.7. The highest BCUT2D eigenvalue weighted by molar-refractivity contribution is 6.46. The van der Waals surface area contributed by atoms with Gasteiger partial charge in [0, 0.05) is 10.7 Å². The highest BCUT2D eigenvalue weighted by Gasteiger charge is 2.40. The van der Waals surface area contributed by atoms with Gasteiger partial charge in [0.2, 0.25) is 0 Å². The van der Waals surface area contributed by atoms with Crippen molar-refractivity contribution < 1.29 is 14.3 Å². The van der Waals surface area contributed by atoms with Crippen molar-refractivity contribution in [1.29, 1.82) is 0 Å². The number of carbonyl (C=O) groups excluding carboxylic acids is 2. The number of benzene rings is 3. The van der Waals surface area contributed by atoms with E-state index in [0.717, 1.165) is 5.56 Å². The molecule has 0 aromatic heterocycles. The Morgan fingerprint density at radius 3 is 2.22 bits per heavy atom. The van der Waals surface area contributed by atoms with Gasteiger partial charge in [-0.3, -0.25) is 9.59 Å². The molecule has 32 heavy (non-hydrogen) atoms. The summed E-state index contributed by atoms with van der Waals surface area (Å²) < 4.78 is 5.68. The van der Waals surface area contributed by atoms with Crippen LogP contribution in [0.4, 0.5) is 11.4 Å². The van der Waals surface area contributed by atoms with Crippen LogP contribution in [0.2, 0.25) is 5.02 Å². The van der Waals surface area contributed by atoms with Crippen molar-refractivity contribution in [3.05, 3.63) is 94.6 Å². The van der Waals surface area contributed by atoms with Crippen LogP contribution < -0.4 is 15.0 Å². The molecule has 2 amide bonds. The molecule has 0 saturated heterocycles. The fourth-order valence-electron chi connectivity index (χ4n) is 3.58. The molecule has 1 N–H and O–H groups in total. The van der Waals surface area contributed by atoms with Crippen molar-refractivity contribution in [2.75, 3.05) is 10.2 Å². The van der Waals surface area contributed by atoms with Crippen molar-refractivity contribution in [2.24, 2.45) is 0 Å². The van der Waals surface area contributed by atoms with Gasteiger partial charge in [0.05, 0.1) is 17.4 Å². The molecule has 0 radical (unpaired) electrons. The van der Waals surface area contributed by atoms with Crippen LogP contribution in [-0.4, -0.2) is 17.9 Å². The maximum Gasteiger partial charge on any atom is 0.282 e. The maximum atomic E-state index is 13.5. The minimum Gasteiger partial charge on any atom is -0.491 e. The van der Waals surface area contributed by atoms with Crippen molar-refractivity contribution in [1.82, 2.24) is 0 Å². The number of imide groups is 1. The second-order valence-corrected chi connectivity index (χ2v) is 8.17. The summed E-state index contributed by atoms with van der Waals surface area (Å²) in [6.45, 7) is 5.74. The van der Waals surface area contributed by atoms with E-state index in [1.807, 2.05) is 57.2 Å². The fraction of sp³-hybridized carbons (Fsp3) is 0.154. The number of anilines is 2. The topological polar surface area (TPSA) is 58.6 Å². The summed E-state index contributed by atoms with van der Waals surface area (Å²) in [7, 11) is 0. The van der Waals surface area contributed by atoms with Gasteiger partial charge in [0.1, 0.15) is 11.4 Å². The molecule has 0 spiro atoms. The Morgan fingerprint density at radius 2 is 1.56 bits per heavy atom. The highest BCUT2D eigenvalue weighted by atomic mass is 35.5. The van der Waals surface area contributed by atoms with Gasteiger partial charge in [-0.05, 0) is 68.3 Å². The normalized spacial score (nSPS) is 13.8. The predicted molar refractivity (Wildman–Crippen MR) is 128 cm³/mol. The second-order valence-electron chi connectivity index (χ2n) is 7.76. The van der Waals surface area contributed by atoms with E-state index >= 15 is 0 Å². The number of amides is 2. The van der Waals surface area contributed by atoms with E-state index in [-0.39, 0.29) is 17.7 Å². The lowest BCUT2D eigenvalue weighted by Gasteiger charge is -2.17. The SMILES string of the molecule is Cc1c(Cl)cccc1NC1=C(c2ccccc2)C(=O)N(c2ccc(OC(C)C)cc2)C1=O. The lowest BCUT2D eigenvalue weighted by atomic mass is 10.0. The first-order chi connectivity index (χ1) is 15.4. The van der Waals surface area contributed by atoms with Crippen molar-refractivity contribution in [2.45, 2.75) is 26.9 Å². The number of hydrogen-bond donors (Lipinski definition) is 1. The quantitative estimate of drug-likeness (QED) is 0.484. The molecule has 0 bridgehead atoms. The van der Waals surface area contributed by atoms with Crippen LogP contribution >= 0.6 is 11.6 Å². The Balaban J connectivity index is 1.76. The predicted octanol–water partition coefficient (Wildman–Crippen LogP) is 5.83. The molecule has 4 rings (SSSR count). The third kappa shape index (κ3) is 4.12. The van der Waals surface area contributed by atoms with Crippen molar-refractivity contribution >= 4 is 40.4 Å². The molecule has 1 heterocycles. The summed E-state index contributed by atoms with van der Waals surface area (Å²) in [6, 6.07) is 21.5. The van der Waals surface area contributed by atoms with Crippen molar-refractivity contribution in [3.63, 3.8) is 0 Å². The molecule has 5 nitrogen and oxygen atoms in total. The number of carbonyl (C=O) groups is 2. The van der Waals surface area contributed by atoms with Crippen LogP contribution in [0, 0.1) is 6.92 Å². The van der Waals surface area contributed by atoms with Gasteiger partial charge in [0.15, 0.2) is 0 Å². The lowest BCUT2D eigenvalue weighted by molar-refractivity contribution is -0.120. The van der Waals surface area contributed by atoms with E-state index in [1.165, 1.54) is 4.90 Å². The molecule has 0 aliphatic carbocycles. The van der Waals surface area contributed by atoms with Crippen LogP contribution in [0.15, 0.2) is 78.5 Å². The van der Waals surface area contributed by atoms with E-state index < -0.39 is 5.91 Å². The lowest BCUT2D eigenvalue weighted by Crippen LogP contribution is -2.32. The molecule has 0 saturated carbocycles. The Morgan fingerprint density at radius 1 is 0.875 bits per heavy atom. The molecular formula is C26H23ClN2O3. The molecule has 1 aliphatic rings. The smallest absolute Gasteiger partial charge is 0.282 e. The van der Waals surface area contributed by atoms with Gasteiger partial charge >= 0.3 is 0 Å². The minimum absolute atomic E-state index is 0.0268. The largest absolute Gasteiger partial charge is 0.491 e. The molecule has 162 valence electrons. The summed E-state index contributed by atoms with van der Waals surface area (Å²) in [5, 5.41) is 3.75. The molecule has 0 atom stereocenters. The first-order valence-corrected chi connectivity index (χ1v) is 10.7. The van der Waals surface area contributed by atoms with Crippen LogP contribution in [0.5, 0.6) is 5.75 Å². The first-order valence-electron chi connectivity index (χ1n) is 10.3. The van der Waals surface area contributed by atoms with Gasteiger partial charge < -0.3 is 10.1 Å². The van der Waals surface area contributed by atoms with Gasteiger partial charge in [-0.1, -0.05) is 48.0 Å². The van der Waals surface area contributed by atoms with Crippen LogP contribution in [0.3, 0.4) is 0 Å². The molecule has 3 aromatic rings. The molecule has 0 fully saturated rings. The average Bonchev–Trinajstić information content (AvgIpc) is 3.02. The maximum absolute atomic E-state index is 13.5. The molecule has 1 aliphatic heterocycles. The average molecular weight is 447 g/mol. The summed E-state index contributed by atoms with van der Waals surface area (Å²) in [5.74, 6) is -0.140. The van der Waals surface area contributed by atoms with Crippen LogP contribution in [-0.2, 0) is 9.59 Å². The zero-order valence-corrected chi connectivity index (χ0v) is 18.8. The zero-order chi connectivity index (χ0) is 22.8. The van der Waals surface area contributed by atoms with E-state index in [2.05, 4.69) is 5.32 Å². The monoisotopic (exact) mass is 446 g/mol. The molecule has 0 unspecified atom stereocenters. The molecular weight excluding hydrogens is 424 g/mol. The van der Waals surface area contributed by atoms with Crippen molar-refractivity contribution in [3.8, 4) is 5.75 Å². The number of nitrogens with one attached hydrogen (secondary N) is 1. The fourth-order valence-corrected chi connectivity index (χ4v) is 3.75. The van der Waals surface area contributed by atoms with Gasteiger partial charge in [-0.15, -0.1) is 0 Å². The van der Waals surface area contributed by atoms with E-state index in [9.17, 15) is 9.59 Å². The Hall–Kier alpha value is -3.57. The summed E-state index contributed by atoms with van der Waals surface area (Å²) in [5.41, 5.74) is 3.14. The highest BCUT2D eigenvalue weighted by Crippen LogP contribution is 2.35. The zero-order valence-electron chi connectivity index (χ0n) is 18.1. The number of nitrogens with zero attached hydrogens (tertiary/aromatic N) is 1. The number of ether oxygens (including phenoxy) is 1. The Bertz CT molecular complexity index is 1200. The number of rotatable bonds is 6. The van der Waals surface area contributed by atoms with Gasteiger partial charge in [-0.25, -0.2) is 4.90 Å². The minimum atomic E-state index is -0.425. The summed E-state index contributed by atoms with van der Waals surface area (Å²) in [6.07, 6.45) is 0.0268. The van der Waals surface area contributed by atoms with E-state index in [4.69, 9.17) is 16.3 Å². The van der Waals surface area contributed by atoms with E-state index in [1.54, 1.807) is 36.4 Å².